The van der Waals surface area contributed by atoms with Crippen LogP contribution in [0.4, 0.5) is 0 Å². The van der Waals surface area contributed by atoms with Crippen molar-refractivity contribution in [1.29, 1.82) is 0 Å². The Balaban J connectivity index is 1.65. The van der Waals surface area contributed by atoms with Gasteiger partial charge in [0, 0.05) is 19.2 Å². The second kappa shape index (κ2) is 7.52. The van der Waals surface area contributed by atoms with Crippen molar-refractivity contribution < 1.29 is 9.53 Å². The molecule has 0 aliphatic heterocycles. The molecule has 3 rings (SSSR count). The number of nitrogens with one attached hydrogen (secondary N) is 1. The predicted octanol–water partition coefficient (Wildman–Crippen LogP) is 2.34. The Bertz CT molecular complexity index is 798. The van der Waals surface area contributed by atoms with Crippen LogP contribution in [0.3, 0.4) is 0 Å². The maximum Gasteiger partial charge on any atom is 0.251 e. The van der Waals surface area contributed by atoms with E-state index in [1.54, 1.807) is 30.3 Å². The minimum atomic E-state index is -0.118. The molecule has 0 bridgehead atoms. The number of rotatable bonds is 6. The highest BCUT2D eigenvalue weighted by Crippen LogP contribution is 2.11. The summed E-state index contributed by atoms with van der Waals surface area (Å²) in [6.45, 7) is 0.988. The van der Waals surface area contributed by atoms with Gasteiger partial charge in [0.25, 0.3) is 5.91 Å². The molecule has 1 aromatic heterocycles. The summed E-state index contributed by atoms with van der Waals surface area (Å²) in [5.74, 6) is -0.118. The zero-order valence-electron chi connectivity index (χ0n) is 13.3. The van der Waals surface area contributed by atoms with Gasteiger partial charge in [0.1, 0.15) is 12.7 Å². The number of carbonyl (C=O) groups is 1. The van der Waals surface area contributed by atoms with Crippen molar-refractivity contribution in [2.24, 2.45) is 0 Å². The van der Waals surface area contributed by atoms with Gasteiger partial charge in [-0.1, -0.05) is 24.3 Å². The van der Waals surface area contributed by atoms with Gasteiger partial charge in [-0.2, -0.15) is 5.10 Å². The van der Waals surface area contributed by atoms with Crippen molar-refractivity contribution in [2.75, 3.05) is 7.11 Å². The van der Waals surface area contributed by atoms with Gasteiger partial charge in [-0.15, -0.1) is 0 Å². The zero-order valence-corrected chi connectivity index (χ0v) is 13.3. The van der Waals surface area contributed by atoms with Gasteiger partial charge >= 0.3 is 0 Å². The average Bonchev–Trinajstić information content (AvgIpc) is 3.16. The van der Waals surface area contributed by atoms with E-state index < -0.39 is 0 Å². The summed E-state index contributed by atoms with van der Waals surface area (Å²) in [6, 6.07) is 15.1. The van der Waals surface area contributed by atoms with E-state index in [1.165, 1.54) is 6.33 Å². The molecule has 1 amide bonds. The van der Waals surface area contributed by atoms with Gasteiger partial charge in [0.05, 0.1) is 12.3 Å². The summed E-state index contributed by atoms with van der Waals surface area (Å²) in [5.41, 5.74) is 3.58. The summed E-state index contributed by atoms with van der Waals surface area (Å²) < 4.78 is 6.82. The van der Waals surface area contributed by atoms with E-state index in [2.05, 4.69) is 15.4 Å². The number of hydrogen-bond donors (Lipinski definition) is 1. The molecule has 0 aliphatic rings. The van der Waals surface area contributed by atoms with Crippen LogP contribution in [0.1, 0.15) is 21.5 Å². The Morgan fingerprint density at radius 3 is 2.54 bits per heavy atom. The molecule has 0 unspecified atom stereocenters. The van der Waals surface area contributed by atoms with Crippen LogP contribution in [0.25, 0.3) is 5.69 Å². The number of methoxy groups -OCH3 is 1. The Morgan fingerprint density at radius 2 is 1.88 bits per heavy atom. The van der Waals surface area contributed by atoms with E-state index in [0.717, 1.165) is 16.8 Å². The summed E-state index contributed by atoms with van der Waals surface area (Å²) in [5, 5.41) is 7.00. The highest BCUT2D eigenvalue weighted by atomic mass is 16.5. The van der Waals surface area contributed by atoms with Gasteiger partial charge in [-0.3, -0.25) is 4.79 Å². The molecule has 0 fully saturated rings. The molecular weight excluding hydrogens is 304 g/mol. The number of carbonyl (C=O) groups excluding carboxylic acids is 1. The minimum absolute atomic E-state index is 0.118. The van der Waals surface area contributed by atoms with E-state index in [9.17, 15) is 4.79 Å². The fourth-order valence-electron chi connectivity index (χ4n) is 2.41. The maximum atomic E-state index is 12.3. The average molecular weight is 322 g/mol. The smallest absolute Gasteiger partial charge is 0.251 e. The Morgan fingerprint density at radius 1 is 1.12 bits per heavy atom. The molecule has 1 N–H and O–H groups in total. The molecule has 0 radical (unpaired) electrons. The lowest BCUT2D eigenvalue weighted by Gasteiger charge is -2.10. The quantitative estimate of drug-likeness (QED) is 0.756. The van der Waals surface area contributed by atoms with Crippen LogP contribution in [0.5, 0.6) is 0 Å². The SMILES string of the molecule is COCc1ccccc1CNC(=O)c1ccc(-n2cncn2)cc1. The second-order valence-corrected chi connectivity index (χ2v) is 5.27. The minimum Gasteiger partial charge on any atom is -0.380 e. The Labute approximate surface area is 140 Å². The largest absolute Gasteiger partial charge is 0.380 e. The number of nitrogens with zero attached hydrogens (tertiary/aromatic N) is 3. The number of amides is 1. The molecule has 0 saturated heterocycles. The third-order valence-electron chi connectivity index (χ3n) is 3.67. The zero-order chi connectivity index (χ0) is 16.8. The van der Waals surface area contributed by atoms with E-state index in [-0.39, 0.29) is 5.91 Å². The van der Waals surface area contributed by atoms with E-state index in [0.29, 0.717) is 18.7 Å². The first-order valence-electron chi connectivity index (χ1n) is 7.57. The van der Waals surface area contributed by atoms with Gasteiger partial charge in [0.2, 0.25) is 0 Å². The third kappa shape index (κ3) is 3.67. The molecule has 0 aliphatic carbocycles. The summed E-state index contributed by atoms with van der Waals surface area (Å²) in [4.78, 5) is 16.2. The van der Waals surface area contributed by atoms with Crippen LogP contribution in [0.15, 0.2) is 61.2 Å². The van der Waals surface area contributed by atoms with Crippen molar-refractivity contribution in [3.63, 3.8) is 0 Å². The first-order chi connectivity index (χ1) is 11.8. The maximum absolute atomic E-state index is 12.3. The normalized spacial score (nSPS) is 10.5. The molecule has 122 valence electrons. The topological polar surface area (TPSA) is 69.0 Å². The summed E-state index contributed by atoms with van der Waals surface area (Å²) in [6.07, 6.45) is 3.08. The Hall–Kier alpha value is -2.99. The molecule has 0 saturated carbocycles. The first kappa shape index (κ1) is 15.9. The second-order valence-electron chi connectivity index (χ2n) is 5.27. The number of aromatic nitrogens is 3. The van der Waals surface area contributed by atoms with Crippen molar-refractivity contribution >= 4 is 5.91 Å². The fourth-order valence-corrected chi connectivity index (χ4v) is 2.41. The molecule has 1 heterocycles. The summed E-state index contributed by atoms with van der Waals surface area (Å²) in [7, 11) is 1.66. The van der Waals surface area contributed by atoms with E-state index in [1.807, 2.05) is 36.4 Å². The van der Waals surface area contributed by atoms with Crippen molar-refractivity contribution in [2.45, 2.75) is 13.2 Å². The van der Waals surface area contributed by atoms with Crippen molar-refractivity contribution in [3.8, 4) is 5.69 Å². The van der Waals surface area contributed by atoms with Gasteiger partial charge in [-0.25, -0.2) is 9.67 Å². The van der Waals surface area contributed by atoms with Crippen LogP contribution in [0.2, 0.25) is 0 Å². The van der Waals surface area contributed by atoms with Crippen LogP contribution >= 0.6 is 0 Å². The number of benzene rings is 2. The van der Waals surface area contributed by atoms with Gasteiger partial charge < -0.3 is 10.1 Å². The first-order valence-corrected chi connectivity index (χ1v) is 7.57. The van der Waals surface area contributed by atoms with E-state index in [4.69, 9.17) is 4.74 Å². The van der Waals surface area contributed by atoms with E-state index >= 15 is 0 Å². The monoisotopic (exact) mass is 322 g/mol. The number of hydrogen-bond acceptors (Lipinski definition) is 4. The lowest BCUT2D eigenvalue weighted by Crippen LogP contribution is -2.23. The predicted molar refractivity (Wildman–Crippen MR) is 89.7 cm³/mol. The van der Waals surface area contributed by atoms with Crippen LogP contribution in [-0.4, -0.2) is 27.8 Å². The third-order valence-corrected chi connectivity index (χ3v) is 3.67. The number of ether oxygens (including phenoxy) is 1. The highest BCUT2D eigenvalue weighted by Gasteiger charge is 2.08. The lowest BCUT2D eigenvalue weighted by molar-refractivity contribution is 0.0950. The van der Waals surface area contributed by atoms with Crippen molar-refractivity contribution in [3.05, 3.63) is 77.9 Å². The molecular formula is C18H18N4O2. The fraction of sp³-hybridized carbons (Fsp3) is 0.167. The molecule has 6 nitrogen and oxygen atoms in total. The standard InChI is InChI=1S/C18H18N4O2/c1-24-11-16-5-3-2-4-15(16)10-20-18(23)14-6-8-17(9-7-14)22-13-19-12-21-22/h2-9,12-13H,10-11H2,1H3,(H,20,23). The summed E-state index contributed by atoms with van der Waals surface area (Å²) >= 11 is 0. The molecule has 24 heavy (non-hydrogen) atoms. The van der Waals surface area contributed by atoms with Crippen LogP contribution in [-0.2, 0) is 17.9 Å². The lowest BCUT2D eigenvalue weighted by atomic mass is 10.1. The van der Waals surface area contributed by atoms with Gasteiger partial charge in [0.15, 0.2) is 0 Å². The molecule has 2 aromatic carbocycles. The molecule has 0 atom stereocenters. The molecule has 0 spiro atoms. The van der Waals surface area contributed by atoms with Crippen molar-refractivity contribution in [1.82, 2.24) is 20.1 Å². The van der Waals surface area contributed by atoms with Crippen LogP contribution in [0, 0.1) is 0 Å². The van der Waals surface area contributed by atoms with Gasteiger partial charge in [-0.05, 0) is 35.4 Å². The Kier molecular flexibility index (Phi) is 4.98. The van der Waals surface area contributed by atoms with Crippen LogP contribution < -0.4 is 5.32 Å². The molecule has 6 heteroatoms. The highest BCUT2D eigenvalue weighted by molar-refractivity contribution is 5.94. The molecule has 3 aromatic rings.